The molecule has 0 bridgehead atoms. The number of anilines is 2. The molecule has 3 N–H and O–H groups in total. The predicted octanol–water partition coefficient (Wildman–Crippen LogP) is 3.06. The lowest BCUT2D eigenvalue weighted by Gasteiger charge is -2.41. The molecule has 29 heavy (non-hydrogen) atoms. The van der Waals surface area contributed by atoms with Gasteiger partial charge in [-0.3, -0.25) is 9.11 Å². The first-order chi connectivity index (χ1) is 13.6. The molecule has 1 aromatic rings. The average Bonchev–Trinajstić information content (AvgIpc) is 3.24. The number of alkyl halides is 2. The summed E-state index contributed by atoms with van der Waals surface area (Å²) < 4.78 is 55.9. The van der Waals surface area contributed by atoms with Crippen molar-refractivity contribution >= 4 is 28.6 Å². The molecular weight excluding hydrogens is 410 g/mol. The van der Waals surface area contributed by atoms with E-state index in [2.05, 4.69) is 4.98 Å². The van der Waals surface area contributed by atoms with Crippen LogP contribution in [0.4, 0.5) is 25.1 Å². The van der Waals surface area contributed by atoms with Gasteiger partial charge in [-0.25, -0.2) is 27.2 Å². The van der Waals surface area contributed by atoms with Crippen molar-refractivity contribution < 1.29 is 32.5 Å². The van der Waals surface area contributed by atoms with Gasteiger partial charge in [-0.2, -0.15) is 0 Å². The van der Waals surface area contributed by atoms with Crippen molar-refractivity contribution in [1.29, 1.82) is 0 Å². The topological polar surface area (TPSA) is 110 Å². The number of methoxy groups -OCH3 is 1. The molecule has 12 heteroatoms. The van der Waals surface area contributed by atoms with Gasteiger partial charge in [0.15, 0.2) is 5.82 Å². The van der Waals surface area contributed by atoms with Crippen molar-refractivity contribution in [1.82, 2.24) is 9.88 Å². The third kappa shape index (κ3) is 3.37. The first kappa shape index (κ1) is 20.4. The van der Waals surface area contributed by atoms with Crippen LogP contribution in [-0.4, -0.2) is 76.0 Å². The molecule has 3 atom stereocenters. The highest BCUT2D eigenvalue weighted by Gasteiger charge is 2.59. The van der Waals surface area contributed by atoms with E-state index in [1.54, 1.807) is 12.1 Å². The van der Waals surface area contributed by atoms with E-state index in [9.17, 15) is 27.8 Å². The highest BCUT2D eigenvalue weighted by atomic mass is 32.3. The lowest BCUT2D eigenvalue weighted by atomic mass is 9.90. The van der Waals surface area contributed by atoms with Gasteiger partial charge in [0.05, 0.1) is 12.6 Å². The molecule has 162 valence electrons. The first-order valence-electron chi connectivity index (χ1n) is 9.25. The summed E-state index contributed by atoms with van der Waals surface area (Å²) in [7, 11) is -0.483. The van der Waals surface area contributed by atoms with Crippen LogP contribution in [0.15, 0.2) is 12.1 Å². The fourth-order valence-corrected chi connectivity index (χ4v) is 5.47. The Labute approximate surface area is 168 Å². The minimum absolute atomic E-state index is 0.161. The third-order valence-electron chi connectivity index (χ3n) is 5.96. The number of aromatic nitrogens is 1. The second-order valence-corrected chi connectivity index (χ2v) is 9.66. The number of fused-ring (bicyclic) bond motifs is 1. The SMILES string of the molecule is COC1CN(C(=O)O)CCC1c1ccc2c(n1)N(C)S(O)(O)N2CC1CC1(F)F. The Morgan fingerprint density at radius 3 is 2.69 bits per heavy atom. The number of amides is 1. The molecule has 0 spiro atoms. The maximum atomic E-state index is 13.4. The Bertz CT molecular complexity index is 829. The van der Waals surface area contributed by atoms with Gasteiger partial charge in [-0.1, -0.05) is 0 Å². The molecule has 1 aromatic heterocycles. The van der Waals surface area contributed by atoms with Crippen molar-refractivity contribution in [2.75, 3.05) is 42.4 Å². The number of halogens is 2. The Morgan fingerprint density at radius 1 is 1.41 bits per heavy atom. The molecule has 3 unspecified atom stereocenters. The Balaban J connectivity index is 1.60. The highest BCUT2D eigenvalue weighted by molar-refractivity contribution is 8.26. The van der Waals surface area contributed by atoms with Crippen molar-refractivity contribution in [2.45, 2.75) is 30.8 Å². The minimum Gasteiger partial charge on any atom is -0.465 e. The van der Waals surface area contributed by atoms with Crippen molar-refractivity contribution in [3.63, 3.8) is 0 Å². The van der Waals surface area contributed by atoms with E-state index in [1.165, 1.54) is 27.7 Å². The molecule has 0 aromatic carbocycles. The largest absolute Gasteiger partial charge is 0.465 e. The number of nitrogens with zero attached hydrogens (tertiary/aromatic N) is 4. The number of ether oxygens (including phenoxy) is 1. The van der Waals surface area contributed by atoms with Crippen LogP contribution >= 0.6 is 11.0 Å². The average molecular weight is 434 g/mol. The van der Waals surface area contributed by atoms with Crippen LogP contribution < -0.4 is 8.61 Å². The zero-order chi connectivity index (χ0) is 21.1. The number of pyridine rings is 1. The number of piperidine rings is 1. The van der Waals surface area contributed by atoms with Crippen LogP contribution in [0, 0.1) is 5.92 Å². The smallest absolute Gasteiger partial charge is 0.407 e. The maximum absolute atomic E-state index is 13.4. The van der Waals surface area contributed by atoms with Crippen LogP contribution in [-0.2, 0) is 4.74 Å². The molecular formula is C17H24F2N4O5S. The fourth-order valence-electron chi connectivity index (χ4n) is 4.02. The van der Waals surface area contributed by atoms with Crippen molar-refractivity contribution in [3.05, 3.63) is 17.8 Å². The van der Waals surface area contributed by atoms with Gasteiger partial charge in [0, 0.05) is 51.2 Å². The molecule has 1 aliphatic carbocycles. The van der Waals surface area contributed by atoms with Gasteiger partial charge in [0.25, 0.3) is 5.92 Å². The summed E-state index contributed by atoms with van der Waals surface area (Å²) in [6.07, 6.45) is -1.15. The lowest BCUT2D eigenvalue weighted by molar-refractivity contribution is 0.0168. The number of likely N-dealkylation sites (tertiary alicyclic amines) is 1. The summed E-state index contributed by atoms with van der Waals surface area (Å²) in [5, 5.41) is 9.21. The summed E-state index contributed by atoms with van der Waals surface area (Å²) in [6.45, 7) is 0.390. The number of carbonyl (C=O) groups is 1. The number of carboxylic acid groups (broad SMARTS) is 1. The second kappa shape index (κ2) is 6.83. The van der Waals surface area contributed by atoms with Crippen LogP contribution in [0.3, 0.4) is 0 Å². The predicted molar refractivity (Wildman–Crippen MR) is 104 cm³/mol. The van der Waals surface area contributed by atoms with E-state index in [0.29, 0.717) is 30.2 Å². The van der Waals surface area contributed by atoms with Gasteiger partial charge >= 0.3 is 6.09 Å². The number of rotatable bonds is 4. The van der Waals surface area contributed by atoms with E-state index in [0.717, 1.165) is 0 Å². The Morgan fingerprint density at radius 2 is 2.10 bits per heavy atom. The molecule has 1 saturated carbocycles. The van der Waals surface area contributed by atoms with Gasteiger partial charge in [-0.05, 0) is 29.5 Å². The fraction of sp³-hybridized carbons (Fsp3) is 0.647. The molecule has 2 aliphatic heterocycles. The standard InChI is InChI=1S/C17H24F2N4O5S/c1-21-15-13(23(29(21,26)27)8-10-7-17(10,18)19)4-3-12(20-15)11-5-6-22(16(24)25)9-14(11)28-2/h3-4,10-11,14,26-27H,5-9H2,1-2H3,(H,24,25). The van der Waals surface area contributed by atoms with Gasteiger partial charge in [-0.15, -0.1) is 0 Å². The summed E-state index contributed by atoms with van der Waals surface area (Å²) in [6, 6.07) is 3.38. The zero-order valence-electron chi connectivity index (χ0n) is 16.0. The summed E-state index contributed by atoms with van der Waals surface area (Å²) >= 11 is 0. The van der Waals surface area contributed by atoms with Gasteiger partial charge in [0.1, 0.15) is 5.69 Å². The van der Waals surface area contributed by atoms with Crippen molar-refractivity contribution in [3.8, 4) is 0 Å². The maximum Gasteiger partial charge on any atom is 0.407 e. The molecule has 3 heterocycles. The first-order valence-corrected chi connectivity index (χ1v) is 10.7. The zero-order valence-corrected chi connectivity index (χ0v) is 16.8. The van der Waals surface area contributed by atoms with Crippen molar-refractivity contribution in [2.24, 2.45) is 5.92 Å². The molecule has 1 amide bonds. The number of hydrogen-bond acceptors (Lipinski definition) is 7. The van der Waals surface area contributed by atoms with Gasteiger partial charge < -0.3 is 14.7 Å². The van der Waals surface area contributed by atoms with Crippen LogP contribution in [0.2, 0.25) is 0 Å². The summed E-state index contributed by atoms with van der Waals surface area (Å²) in [5.41, 5.74) is 1.04. The number of hydrogen-bond donors (Lipinski definition) is 3. The highest BCUT2D eigenvalue weighted by Crippen LogP contribution is 2.62. The normalized spacial score (nSPS) is 30.8. The van der Waals surface area contributed by atoms with E-state index in [4.69, 9.17) is 4.74 Å². The molecule has 9 nitrogen and oxygen atoms in total. The van der Waals surface area contributed by atoms with Crippen LogP contribution in [0.5, 0.6) is 0 Å². The Kier molecular flexibility index (Phi) is 4.80. The molecule has 0 radical (unpaired) electrons. The molecule has 2 fully saturated rings. The molecule has 1 saturated heterocycles. The summed E-state index contributed by atoms with van der Waals surface area (Å²) in [5.74, 6) is -3.54. The van der Waals surface area contributed by atoms with Crippen LogP contribution in [0.25, 0.3) is 0 Å². The quantitative estimate of drug-likeness (QED) is 0.663. The van der Waals surface area contributed by atoms with E-state index in [-0.39, 0.29) is 25.4 Å². The molecule has 3 aliphatic rings. The Hall–Kier alpha value is -1.89. The second-order valence-electron chi connectivity index (χ2n) is 7.69. The minimum atomic E-state index is -3.46. The van der Waals surface area contributed by atoms with Gasteiger partial charge in [0.2, 0.25) is 0 Å². The monoisotopic (exact) mass is 434 g/mol. The van der Waals surface area contributed by atoms with Crippen LogP contribution in [0.1, 0.15) is 24.5 Å². The van der Waals surface area contributed by atoms with E-state index < -0.39 is 35.0 Å². The lowest BCUT2D eigenvalue weighted by Crippen LogP contribution is -2.46. The molecule has 4 rings (SSSR count). The third-order valence-corrected chi connectivity index (χ3v) is 7.81. The van der Waals surface area contributed by atoms with E-state index >= 15 is 0 Å². The summed E-state index contributed by atoms with van der Waals surface area (Å²) in [4.78, 5) is 17.1. The van der Waals surface area contributed by atoms with E-state index in [1.807, 2.05) is 0 Å².